The summed E-state index contributed by atoms with van der Waals surface area (Å²) in [5, 5.41) is 0.719. The Morgan fingerprint density at radius 1 is 1.12 bits per heavy atom. The maximum Gasteiger partial charge on any atom is 0.269 e. The maximum absolute atomic E-state index is 13.4. The van der Waals surface area contributed by atoms with E-state index in [1.807, 2.05) is 20.8 Å². The number of aromatic nitrogens is 3. The average molecular weight is 436 g/mol. The first-order chi connectivity index (χ1) is 12.4. The predicted octanol–water partition coefficient (Wildman–Crippen LogP) is 3.13. The summed E-state index contributed by atoms with van der Waals surface area (Å²) < 4.78 is 2.48. The van der Waals surface area contributed by atoms with Gasteiger partial charge in [-0.25, -0.2) is 14.4 Å². The first-order valence-corrected chi connectivity index (χ1v) is 10.5. The van der Waals surface area contributed by atoms with Crippen molar-refractivity contribution < 1.29 is 0 Å². The maximum atomic E-state index is 13.4. The highest BCUT2D eigenvalue weighted by Gasteiger charge is 2.24. The first-order valence-electron chi connectivity index (χ1n) is 8.88. The van der Waals surface area contributed by atoms with E-state index in [9.17, 15) is 4.79 Å². The topological polar surface area (TPSA) is 53.7 Å². The van der Waals surface area contributed by atoms with Crippen LogP contribution in [0.15, 0.2) is 9.27 Å². The molecule has 3 aromatic heterocycles. The number of anilines is 1. The molecule has 1 aliphatic heterocycles. The van der Waals surface area contributed by atoms with Gasteiger partial charge in [0, 0.05) is 31.1 Å². The number of hydrogen-bond acceptors (Lipinski definition) is 6. The van der Waals surface area contributed by atoms with E-state index in [0.29, 0.717) is 11.6 Å². The molecule has 1 aliphatic rings. The van der Waals surface area contributed by atoms with Crippen LogP contribution in [-0.2, 0) is 0 Å². The molecule has 138 valence electrons. The van der Waals surface area contributed by atoms with Crippen LogP contribution in [0.1, 0.15) is 23.1 Å². The SMILES string of the molecule is CCN1CCN(c2nc(C)c(Br)c3nc4sc(C)c(C)c4c(=O)n23)CC1. The van der Waals surface area contributed by atoms with Gasteiger partial charge in [0.05, 0.1) is 15.6 Å². The molecule has 26 heavy (non-hydrogen) atoms. The first kappa shape index (κ1) is 17.9. The summed E-state index contributed by atoms with van der Waals surface area (Å²) >= 11 is 5.18. The third-order valence-corrected chi connectivity index (χ3v) is 7.32. The third-order valence-electron chi connectivity index (χ3n) is 5.29. The molecule has 4 heterocycles. The lowest BCUT2D eigenvalue weighted by molar-refractivity contribution is 0.269. The van der Waals surface area contributed by atoms with Gasteiger partial charge in [-0.05, 0) is 48.8 Å². The van der Waals surface area contributed by atoms with Gasteiger partial charge in [0.1, 0.15) is 4.83 Å². The fraction of sp³-hybridized carbons (Fsp3) is 0.500. The van der Waals surface area contributed by atoms with Crippen molar-refractivity contribution in [2.45, 2.75) is 27.7 Å². The summed E-state index contributed by atoms with van der Waals surface area (Å²) in [6, 6.07) is 0. The fourth-order valence-electron chi connectivity index (χ4n) is 3.51. The Kier molecular flexibility index (Phi) is 4.53. The molecule has 0 atom stereocenters. The largest absolute Gasteiger partial charge is 0.339 e. The molecular weight excluding hydrogens is 414 g/mol. The van der Waals surface area contributed by atoms with Crippen LogP contribution in [-0.4, -0.2) is 52.0 Å². The van der Waals surface area contributed by atoms with E-state index in [4.69, 9.17) is 9.97 Å². The molecule has 0 aliphatic carbocycles. The molecule has 0 radical (unpaired) electrons. The lowest BCUT2D eigenvalue weighted by Crippen LogP contribution is -2.47. The summed E-state index contributed by atoms with van der Waals surface area (Å²) in [7, 11) is 0. The monoisotopic (exact) mass is 435 g/mol. The Bertz CT molecular complexity index is 1070. The molecule has 1 fully saturated rings. The Hall–Kier alpha value is -1.51. The van der Waals surface area contributed by atoms with E-state index in [-0.39, 0.29) is 5.56 Å². The number of rotatable bonds is 2. The number of piperazine rings is 1. The summed E-state index contributed by atoms with van der Waals surface area (Å²) in [5.74, 6) is 0.708. The quantitative estimate of drug-likeness (QED) is 0.618. The second kappa shape index (κ2) is 6.58. The Morgan fingerprint density at radius 3 is 2.46 bits per heavy atom. The van der Waals surface area contributed by atoms with Crippen LogP contribution in [0.5, 0.6) is 0 Å². The van der Waals surface area contributed by atoms with Gasteiger partial charge in [-0.15, -0.1) is 11.3 Å². The molecular formula is C18H22BrN5OS. The van der Waals surface area contributed by atoms with Gasteiger partial charge < -0.3 is 9.80 Å². The van der Waals surface area contributed by atoms with E-state index >= 15 is 0 Å². The van der Waals surface area contributed by atoms with Gasteiger partial charge in [-0.3, -0.25) is 4.79 Å². The third kappa shape index (κ3) is 2.66. The lowest BCUT2D eigenvalue weighted by atomic mass is 10.2. The van der Waals surface area contributed by atoms with Crippen LogP contribution in [0.3, 0.4) is 0 Å². The number of nitrogens with zero attached hydrogens (tertiary/aromatic N) is 5. The average Bonchev–Trinajstić information content (AvgIpc) is 2.93. The van der Waals surface area contributed by atoms with Crippen molar-refractivity contribution >= 4 is 49.1 Å². The smallest absolute Gasteiger partial charge is 0.269 e. The Balaban J connectivity index is 2.00. The van der Waals surface area contributed by atoms with Crippen molar-refractivity contribution in [2.75, 3.05) is 37.6 Å². The van der Waals surface area contributed by atoms with Crippen molar-refractivity contribution in [2.24, 2.45) is 0 Å². The van der Waals surface area contributed by atoms with Gasteiger partial charge in [0.2, 0.25) is 5.95 Å². The van der Waals surface area contributed by atoms with Gasteiger partial charge in [-0.2, -0.15) is 0 Å². The van der Waals surface area contributed by atoms with Crippen molar-refractivity contribution in [3.63, 3.8) is 0 Å². The molecule has 8 heteroatoms. The zero-order valence-corrected chi connectivity index (χ0v) is 17.9. The zero-order chi connectivity index (χ0) is 18.6. The number of likely N-dealkylation sites (N-methyl/N-ethyl adjacent to an activating group) is 1. The van der Waals surface area contributed by atoms with Crippen molar-refractivity contribution in [1.82, 2.24) is 19.3 Å². The molecule has 0 spiro atoms. The highest BCUT2D eigenvalue weighted by atomic mass is 79.9. The summed E-state index contributed by atoms with van der Waals surface area (Å²) in [4.78, 5) is 29.6. The molecule has 0 aromatic carbocycles. The molecule has 3 aromatic rings. The van der Waals surface area contributed by atoms with E-state index in [1.165, 1.54) is 0 Å². The minimum atomic E-state index is -0.0204. The predicted molar refractivity (Wildman–Crippen MR) is 111 cm³/mol. The Labute approximate surface area is 164 Å². The van der Waals surface area contributed by atoms with Crippen molar-refractivity contribution in [3.8, 4) is 0 Å². The molecule has 4 rings (SSSR count). The minimum Gasteiger partial charge on any atom is -0.339 e. The van der Waals surface area contributed by atoms with Gasteiger partial charge in [0.25, 0.3) is 5.56 Å². The molecule has 0 saturated carbocycles. The van der Waals surface area contributed by atoms with Crippen LogP contribution in [0, 0.1) is 20.8 Å². The molecule has 6 nitrogen and oxygen atoms in total. The summed E-state index contributed by atoms with van der Waals surface area (Å²) in [6.45, 7) is 12.9. The second-order valence-electron chi connectivity index (χ2n) is 6.77. The van der Waals surface area contributed by atoms with E-state index in [2.05, 4.69) is 32.7 Å². The fourth-order valence-corrected chi connectivity index (χ4v) is 4.89. The van der Waals surface area contributed by atoms with Crippen LogP contribution in [0.25, 0.3) is 15.9 Å². The van der Waals surface area contributed by atoms with E-state index < -0.39 is 0 Å². The molecule has 1 saturated heterocycles. The number of hydrogen-bond donors (Lipinski definition) is 0. The van der Waals surface area contributed by atoms with Gasteiger partial charge >= 0.3 is 0 Å². The van der Waals surface area contributed by atoms with Crippen LogP contribution in [0.2, 0.25) is 0 Å². The molecule has 0 unspecified atom stereocenters. The van der Waals surface area contributed by atoms with Crippen LogP contribution in [0.4, 0.5) is 5.95 Å². The van der Waals surface area contributed by atoms with Crippen molar-refractivity contribution in [1.29, 1.82) is 0 Å². The summed E-state index contributed by atoms with van der Waals surface area (Å²) in [6.07, 6.45) is 0. The number of halogens is 1. The van der Waals surface area contributed by atoms with Gasteiger partial charge in [0.15, 0.2) is 5.65 Å². The Morgan fingerprint density at radius 2 is 1.81 bits per heavy atom. The second-order valence-corrected chi connectivity index (χ2v) is 8.77. The van der Waals surface area contributed by atoms with Crippen LogP contribution < -0.4 is 10.5 Å². The van der Waals surface area contributed by atoms with Crippen LogP contribution >= 0.6 is 27.3 Å². The molecule has 0 N–H and O–H groups in total. The zero-order valence-electron chi connectivity index (χ0n) is 15.5. The van der Waals surface area contributed by atoms with E-state index in [1.54, 1.807) is 15.7 Å². The van der Waals surface area contributed by atoms with Gasteiger partial charge in [-0.1, -0.05) is 6.92 Å². The summed E-state index contributed by atoms with van der Waals surface area (Å²) in [5.41, 5.74) is 2.52. The highest BCUT2D eigenvalue weighted by molar-refractivity contribution is 9.10. The van der Waals surface area contributed by atoms with E-state index in [0.717, 1.165) is 63.5 Å². The lowest BCUT2D eigenvalue weighted by Gasteiger charge is -2.35. The molecule has 0 amide bonds. The minimum absolute atomic E-state index is 0.0204. The number of aryl methyl sites for hydroxylation is 3. The van der Waals surface area contributed by atoms with Crippen molar-refractivity contribution in [3.05, 3.63) is 31.0 Å². The highest BCUT2D eigenvalue weighted by Crippen LogP contribution is 2.30. The number of thiophene rings is 1. The normalized spacial score (nSPS) is 16.1. The standard InChI is InChI=1S/C18H22BrN5OS/c1-5-22-6-8-23(9-7-22)18-20-11(3)14(19)15-21-16-13(17(25)24(15)18)10(2)12(4)26-16/h5-9H2,1-4H3. The number of fused-ring (bicyclic) bond motifs is 2. The molecule has 0 bridgehead atoms.